The van der Waals surface area contributed by atoms with Crippen LogP contribution in [0.5, 0.6) is 0 Å². The third-order valence-electron chi connectivity index (χ3n) is 3.06. The molecule has 0 aliphatic rings. The van der Waals surface area contributed by atoms with Crippen molar-refractivity contribution in [3.05, 3.63) is 61.5 Å². The van der Waals surface area contributed by atoms with Crippen molar-refractivity contribution in [3.63, 3.8) is 0 Å². The molecule has 2 aromatic rings. The summed E-state index contributed by atoms with van der Waals surface area (Å²) in [7, 11) is 0. The Morgan fingerprint density at radius 1 is 1.00 bits per heavy atom. The molecule has 9 heteroatoms. The van der Waals surface area contributed by atoms with Crippen molar-refractivity contribution in [3.8, 4) is 0 Å². The van der Waals surface area contributed by atoms with Gasteiger partial charge in [-0.2, -0.15) is 0 Å². The molecular weight excluding hydrogens is 476 g/mol. The quantitative estimate of drug-likeness (QED) is 0.318. The lowest BCUT2D eigenvalue weighted by Gasteiger charge is -2.20. The van der Waals surface area contributed by atoms with E-state index in [1.54, 1.807) is 24.3 Å². The van der Waals surface area contributed by atoms with Crippen LogP contribution in [0.3, 0.4) is 0 Å². The molecule has 0 aliphatic carbocycles. The Kier molecular flexibility index (Phi) is 7.40. The Hall–Kier alpha value is -0.980. The number of amides is 1. The molecule has 0 saturated carbocycles. The molecule has 132 valence electrons. The van der Waals surface area contributed by atoms with Crippen molar-refractivity contribution >= 4 is 79.9 Å². The minimum absolute atomic E-state index is 0.157. The summed E-state index contributed by atoms with van der Waals surface area (Å²) < 4.78 is 0.804. The second-order valence-corrected chi connectivity index (χ2v) is 7.14. The summed E-state index contributed by atoms with van der Waals surface area (Å²) in [5.74, 6) is -1.70. The van der Waals surface area contributed by atoms with Gasteiger partial charge >= 0.3 is 5.97 Å². The number of halogens is 5. The van der Waals surface area contributed by atoms with Gasteiger partial charge in [0.2, 0.25) is 0 Å². The van der Waals surface area contributed by atoms with Crippen LogP contribution in [0.25, 0.3) is 0 Å². The average Bonchev–Trinajstić information content (AvgIpc) is 2.60. The van der Waals surface area contributed by atoms with Gasteiger partial charge in [-0.25, -0.2) is 4.79 Å². The largest absolute Gasteiger partial charge is 0.337 e. The van der Waals surface area contributed by atoms with Crippen LogP contribution in [0.4, 0.5) is 5.69 Å². The van der Waals surface area contributed by atoms with Crippen molar-refractivity contribution in [2.75, 3.05) is 10.9 Å². The summed E-state index contributed by atoms with van der Waals surface area (Å²) >= 11 is 26.9. The number of benzene rings is 2. The molecule has 0 heterocycles. The molecule has 0 unspecified atom stereocenters. The fraction of sp³-hybridized carbons (Fsp3) is 0.125. The van der Waals surface area contributed by atoms with Crippen LogP contribution in [0.2, 0.25) is 15.1 Å². The fourth-order valence-corrected chi connectivity index (χ4v) is 2.94. The van der Waals surface area contributed by atoms with Gasteiger partial charge in [-0.15, -0.1) is 16.7 Å². The SMILES string of the molecule is O=C(Cc1c(Cl)ccc(Cl)c1Cl)ON(C(=O)CCl)c1ccc(Br)cc1. The Morgan fingerprint density at radius 2 is 1.60 bits per heavy atom. The van der Waals surface area contributed by atoms with E-state index in [1.807, 2.05) is 0 Å². The van der Waals surface area contributed by atoms with Crippen LogP contribution < -0.4 is 5.06 Å². The highest BCUT2D eigenvalue weighted by Crippen LogP contribution is 2.32. The van der Waals surface area contributed by atoms with Gasteiger partial charge in [0.05, 0.1) is 22.2 Å². The molecule has 2 aromatic carbocycles. The standard InChI is InChI=1S/C16H10BrCl4NO3/c17-9-1-3-10(4-2-9)22(14(23)8-18)25-15(24)7-11-12(19)5-6-13(20)16(11)21/h1-6H,7-8H2. The van der Waals surface area contributed by atoms with E-state index in [4.69, 9.17) is 51.2 Å². The number of carbonyl (C=O) groups is 2. The second kappa shape index (κ2) is 9.10. The first-order chi connectivity index (χ1) is 11.8. The number of alkyl halides is 1. The number of carbonyl (C=O) groups excluding carboxylic acids is 2. The van der Waals surface area contributed by atoms with E-state index in [2.05, 4.69) is 15.9 Å². The van der Waals surface area contributed by atoms with Crippen LogP contribution >= 0.6 is 62.3 Å². The lowest BCUT2D eigenvalue weighted by atomic mass is 10.1. The number of hydroxylamine groups is 1. The molecule has 0 N–H and O–H groups in total. The summed E-state index contributed by atoms with van der Waals surface area (Å²) in [5, 5.41) is 1.51. The molecule has 0 spiro atoms. The highest BCUT2D eigenvalue weighted by atomic mass is 79.9. The van der Waals surface area contributed by atoms with Gasteiger partial charge in [0, 0.05) is 15.1 Å². The summed E-state index contributed by atoms with van der Waals surface area (Å²) in [6, 6.07) is 9.63. The zero-order valence-corrected chi connectivity index (χ0v) is 17.0. The minimum Gasteiger partial charge on any atom is -0.333 e. The Morgan fingerprint density at radius 3 is 2.20 bits per heavy atom. The van der Waals surface area contributed by atoms with Crippen LogP contribution in [0.1, 0.15) is 5.56 Å². The Balaban J connectivity index is 2.22. The fourth-order valence-electron chi connectivity index (χ4n) is 1.89. The number of nitrogens with zero attached hydrogens (tertiary/aromatic N) is 1. The molecule has 0 aliphatic heterocycles. The summed E-state index contributed by atoms with van der Waals surface area (Å²) in [6.45, 7) is 0. The molecule has 0 radical (unpaired) electrons. The summed E-state index contributed by atoms with van der Waals surface area (Å²) in [4.78, 5) is 29.4. The van der Waals surface area contributed by atoms with Gasteiger partial charge in [-0.3, -0.25) is 4.79 Å². The van der Waals surface area contributed by atoms with Gasteiger partial charge in [0.25, 0.3) is 5.91 Å². The summed E-state index contributed by atoms with van der Waals surface area (Å²) in [6.07, 6.45) is -0.263. The van der Waals surface area contributed by atoms with Crippen molar-refractivity contribution in [2.45, 2.75) is 6.42 Å². The topological polar surface area (TPSA) is 46.6 Å². The molecule has 1 amide bonds. The van der Waals surface area contributed by atoms with Gasteiger partial charge in [-0.1, -0.05) is 50.7 Å². The molecular formula is C16H10BrCl4NO3. The summed E-state index contributed by atoms with van der Waals surface area (Å²) in [5.41, 5.74) is 0.667. The number of hydrogen-bond donors (Lipinski definition) is 0. The Labute approximate surface area is 172 Å². The predicted molar refractivity (Wildman–Crippen MR) is 104 cm³/mol. The van der Waals surface area contributed by atoms with E-state index >= 15 is 0 Å². The minimum atomic E-state index is -0.743. The van der Waals surface area contributed by atoms with Crippen molar-refractivity contribution in [2.24, 2.45) is 0 Å². The molecule has 0 fully saturated rings. The van der Waals surface area contributed by atoms with Crippen LogP contribution in [0, 0.1) is 0 Å². The zero-order valence-electron chi connectivity index (χ0n) is 12.4. The molecule has 2 rings (SSSR count). The smallest absolute Gasteiger partial charge is 0.333 e. The maximum Gasteiger partial charge on any atom is 0.337 e. The van der Waals surface area contributed by atoms with E-state index in [1.165, 1.54) is 12.1 Å². The van der Waals surface area contributed by atoms with Gasteiger partial charge in [-0.05, 0) is 36.4 Å². The van der Waals surface area contributed by atoms with Crippen molar-refractivity contribution in [1.82, 2.24) is 0 Å². The van der Waals surface area contributed by atoms with Crippen molar-refractivity contribution < 1.29 is 14.4 Å². The number of rotatable bonds is 4. The molecule has 25 heavy (non-hydrogen) atoms. The lowest BCUT2D eigenvalue weighted by Crippen LogP contribution is -2.35. The molecule has 0 saturated heterocycles. The highest BCUT2D eigenvalue weighted by molar-refractivity contribution is 9.10. The average molecular weight is 486 g/mol. The second-order valence-electron chi connectivity index (χ2n) is 4.76. The number of hydrogen-bond acceptors (Lipinski definition) is 3. The van der Waals surface area contributed by atoms with Crippen LogP contribution in [0.15, 0.2) is 40.9 Å². The van der Waals surface area contributed by atoms with Crippen molar-refractivity contribution in [1.29, 1.82) is 0 Å². The maximum atomic E-state index is 12.3. The monoisotopic (exact) mass is 483 g/mol. The van der Waals surface area contributed by atoms with Gasteiger partial charge < -0.3 is 4.84 Å². The van der Waals surface area contributed by atoms with E-state index in [-0.39, 0.29) is 27.4 Å². The predicted octanol–water partition coefficient (Wildman–Crippen LogP) is 5.68. The molecule has 0 aromatic heterocycles. The van der Waals surface area contributed by atoms with E-state index < -0.39 is 11.9 Å². The first kappa shape index (κ1) is 20.3. The lowest BCUT2D eigenvalue weighted by molar-refractivity contribution is -0.149. The first-order valence-electron chi connectivity index (χ1n) is 6.81. The Bertz CT molecular complexity index is 799. The normalized spacial score (nSPS) is 10.4. The third-order valence-corrected chi connectivity index (χ3v) is 5.01. The third kappa shape index (κ3) is 5.25. The molecule has 4 nitrogen and oxygen atoms in total. The zero-order chi connectivity index (χ0) is 18.6. The van der Waals surface area contributed by atoms with E-state index in [9.17, 15) is 9.59 Å². The maximum absolute atomic E-state index is 12.3. The first-order valence-corrected chi connectivity index (χ1v) is 9.27. The van der Waals surface area contributed by atoms with Crippen LogP contribution in [-0.2, 0) is 20.8 Å². The molecule has 0 bridgehead atoms. The van der Waals surface area contributed by atoms with Crippen LogP contribution in [-0.4, -0.2) is 17.8 Å². The highest BCUT2D eigenvalue weighted by Gasteiger charge is 2.22. The van der Waals surface area contributed by atoms with E-state index in [0.29, 0.717) is 11.3 Å². The van der Waals surface area contributed by atoms with Gasteiger partial charge in [0.1, 0.15) is 5.88 Å². The van der Waals surface area contributed by atoms with E-state index in [0.717, 1.165) is 9.54 Å². The van der Waals surface area contributed by atoms with Gasteiger partial charge in [0.15, 0.2) is 0 Å². The molecule has 0 atom stereocenters. The number of anilines is 1.